The topological polar surface area (TPSA) is 9.23 Å². The van der Waals surface area contributed by atoms with E-state index in [-0.39, 0.29) is 11.2 Å². The maximum Gasteiger partial charge on any atom is 0.0664 e. The van der Waals surface area contributed by atoms with Gasteiger partial charge in [0.1, 0.15) is 0 Å². The van der Waals surface area contributed by atoms with E-state index in [1.54, 1.807) is 0 Å². The van der Waals surface area contributed by atoms with Crippen molar-refractivity contribution < 1.29 is 4.74 Å². The van der Waals surface area contributed by atoms with E-state index >= 15 is 0 Å². The van der Waals surface area contributed by atoms with Crippen LogP contribution in [0.15, 0.2) is 0 Å². The molecular weight excluding hydrogens is 220 g/mol. The van der Waals surface area contributed by atoms with E-state index in [9.17, 15) is 0 Å². The minimum atomic E-state index is -0.0613. The van der Waals surface area contributed by atoms with Crippen molar-refractivity contribution in [2.24, 2.45) is 10.8 Å². The molecule has 0 fully saturated rings. The van der Waals surface area contributed by atoms with Crippen LogP contribution >= 0.6 is 0 Å². The van der Waals surface area contributed by atoms with Gasteiger partial charge < -0.3 is 4.74 Å². The quantitative estimate of drug-likeness (QED) is 0.602. The van der Waals surface area contributed by atoms with Gasteiger partial charge in [0.2, 0.25) is 0 Å². The Kier molecular flexibility index (Phi) is 5.51. The predicted octanol–water partition coefficient (Wildman–Crippen LogP) is 5.82. The molecule has 0 rings (SSSR count). The van der Waals surface area contributed by atoms with Gasteiger partial charge in [0.15, 0.2) is 0 Å². The van der Waals surface area contributed by atoms with E-state index < -0.39 is 0 Å². The molecule has 0 amide bonds. The normalized spacial score (nSPS) is 17.7. The van der Waals surface area contributed by atoms with Crippen LogP contribution in [0.2, 0.25) is 0 Å². The molecule has 0 aromatic heterocycles. The van der Waals surface area contributed by atoms with E-state index in [0.717, 1.165) is 19.3 Å². The molecule has 0 heterocycles. The molecule has 0 aromatic rings. The second-order valence-electron chi connectivity index (χ2n) is 9.14. The van der Waals surface area contributed by atoms with Crippen molar-refractivity contribution in [2.75, 3.05) is 0 Å². The Labute approximate surface area is 116 Å². The summed E-state index contributed by atoms with van der Waals surface area (Å²) in [6.45, 7) is 22.7. The van der Waals surface area contributed by atoms with Crippen molar-refractivity contribution in [3.63, 3.8) is 0 Å². The SMILES string of the molecule is CCC(C)(CC(C)(C)C)OC(C)(C)CC(C)(C)C. The van der Waals surface area contributed by atoms with Crippen LogP contribution < -0.4 is 0 Å². The Morgan fingerprint density at radius 3 is 1.33 bits per heavy atom. The highest BCUT2D eigenvalue weighted by Gasteiger charge is 2.36. The van der Waals surface area contributed by atoms with Crippen molar-refractivity contribution >= 4 is 0 Å². The fourth-order valence-electron chi connectivity index (χ4n) is 3.34. The molecule has 1 atom stereocenters. The summed E-state index contributed by atoms with van der Waals surface area (Å²) in [5, 5.41) is 0. The van der Waals surface area contributed by atoms with Gasteiger partial charge >= 0.3 is 0 Å². The maximum atomic E-state index is 6.53. The molecule has 0 aliphatic carbocycles. The summed E-state index contributed by atoms with van der Waals surface area (Å²) in [6, 6.07) is 0. The third kappa shape index (κ3) is 8.13. The Hall–Kier alpha value is -0.0400. The summed E-state index contributed by atoms with van der Waals surface area (Å²) >= 11 is 0. The molecule has 0 saturated heterocycles. The molecule has 0 bridgehead atoms. The van der Waals surface area contributed by atoms with Gasteiger partial charge in [-0.1, -0.05) is 48.5 Å². The van der Waals surface area contributed by atoms with Gasteiger partial charge in [-0.25, -0.2) is 0 Å². The van der Waals surface area contributed by atoms with Crippen LogP contribution in [0.5, 0.6) is 0 Å². The Bertz CT molecular complexity index is 252. The average molecular weight is 256 g/mol. The first-order valence-corrected chi connectivity index (χ1v) is 7.38. The zero-order valence-electron chi connectivity index (χ0n) is 14.5. The molecule has 0 aromatic carbocycles. The summed E-state index contributed by atoms with van der Waals surface area (Å²) in [5.41, 5.74) is 0.531. The molecule has 0 saturated carbocycles. The van der Waals surface area contributed by atoms with Crippen molar-refractivity contribution in [3.8, 4) is 0 Å². The lowest BCUT2D eigenvalue weighted by Gasteiger charge is -2.43. The molecule has 0 radical (unpaired) electrons. The van der Waals surface area contributed by atoms with Gasteiger partial charge in [-0.2, -0.15) is 0 Å². The van der Waals surface area contributed by atoms with Crippen LogP contribution in [0.1, 0.15) is 88.5 Å². The Morgan fingerprint density at radius 1 is 0.667 bits per heavy atom. The van der Waals surface area contributed by atoms with Crippen molar-refractivity contribution in [3.05, 3.63) is 0 Å². The monoisotopic (exact) mass is 256 g/mol. The summed E-state index contributed by atoms with van der Waals surface area (Å²) in [5.74, 6) is 0. The lowest BCUT2D eigenvalue weighted by molar-refractivity contribution is -0.159. The highest BCUT2D eigenvalue weighted by atomic mass is 16.5. The van der Waals surface area contributed by atoms with Crippen LogP contribution in [0, 0.1) is 10.8 Å². The van der Waals surface area contributed by atoms with E-state index in [1.165, 1.54) is 0 Å². The van der Waals surface area contributed by atoms with E-state index in [4.69, 9.17) is 4.74 Å². The van der Waals surface area contributed by atoms with Crippen molar-refractivity contribution in [2.45, 2.75) is 99.7 Å². The number of hydrogen-bond acceptors (Lipinski definition) is 1. The fourth-order valence-corrected chi connectivity index (χ4v) is 3.34. The van der Waals surface area contributed by atoms with Gasteiger partial charge in [-0.15, -0.1) is 0 Å². The van der Waals surface area contributed by atoms with E-state index in [2.05, 4.69) is 69.2 Å². The van der Waals surface area contributed by atoms with Crippen LogP contribution in [-0.4, -0.2) is 11.2 Å². The second-order valence-corrected chi connectivity index (χ2v) is 9.14. The molecule has 18 heavy (non-hydrogen) atoms. The zero-order valence-corrected chi connectivity index (χ0v) is 14.5. The third-order valence-electron chi connectivity index (χ3n) is 3.13. The van der Waals surface area contributed by atoms with Crippen LogP contribution in [-0.2, 0) is 4.74 Å². The highest BCUT2D eigenvalue weighted by molar-refractivity contribution is 4.86. The summed E-state index contributed by atoms with van der Waals surface area (Å²) in [4.78, 5) is 0. The van der Waals surface area contributed by atoms with Crippen molar-refractivity contribution in [1.82, 2.24) is 0 Å². The summed E-state index contributed by atoms with van der Waals surface area (Å²) < 4.78 is 6.53. The highest BCUT2D eigenvalue weighted by Crippen LogP contribution is 2.38. The fraction of sp³-hybridized carbons (Fsp3) is 1.00. The molecule has 0 spiro atoms. The number of hydrogen-bond donors (Lipinski definition) is 0. The average Bonchev–Trinajstić information content (AvgIpc) is 1.93. The van der Waals surface area contributed by atoms with Gasteiger partial charge in [0, 0.05) is 0 Å². The molecule has 0 aliphatic rings. The number of rotatable bonds is 5. The van der Waals surface area contributed by atoms with Gasteiger partial charge in [-0.05, 0) is 50.9 Å². The molecule has 1 nitrogen and oxygen atoms in total. The van der Waals surface area contributed by atoms with Crippen LogP contribution in [0.4, 0.5) is 0 Å². The Balaban J connectivity index is 4.80. The zero-order chi connectivity index (χ0) is 14.8. The largest absolute Gasteiger partial charge is 0.369 e. The molecule has 1 heteroatoms. The summed E-state index contributed by atoms with van der Waals surface area (Å²) in [7, 11) is 0. The lowest BCUT2D eigenvalue weighted by atomic mass is 9.79. The van der Waals surface area contributed by atoms with Gasteiger partial charge in [0.05, 0.1) is 11.2 Å². The maximum absolute atomic E-state index is 6.53. The standard InChI is InChI=1S/C17H36O/c1-11-17(10,13-15(5,6)7)18-16(8,9)12-14(2,3)4/h11-13H2,1-10H3. The molecular formula is C17H36O. The molecule has 0 N–H and O–H groups in total. The minimum Gasteiger partial charge on any atom is -0.369 e. The first-order chi connectivity index (χ1) is 7.68. The first kappa shape index (κ1) is 18.0. The molecule has 1 unspecified atom stereocenters. The Morgan fingerprint density at radius 2 is 1.06 bits per heavy atom. The van der Waals surface area contributed by atoms with E-state index in [1.807, 2.05) is 0 Å². The minimum absolute atomic E-state index is 0.0208. The van der Waals surface area contributed by atoms with Gasteiger partial charge in [-0.3, -0.25) is 0 Å². The summed E-state index contributed by atoms with van der Waals surface area (Å²) in [6.07, 6.45) is 3.25. The first-order valence-electron chi connectivity index (χ1n) is 7.38. The second kappa shape index (κ2) is 5.53. The van der Waals surface area contributed by atoms with Crippen LogP contribution in [0.25, 0.3) is 0 Å². The smallest absolute Gasteiger partial charge is 0.0664 e. The van der Waals surface area contributed by atoms with Crippen LogP contribution in [0.3, 0.4) is 0 Å². The molecule has 110 valence electrons. The number of ether oxygens (including phenoxy) is 1. The third-order valence-corrected chi connectivity index (χ3v) is 3.13. The molecule has 0 aliphatic heterocycles. The van der Waals surface area contributed by atoms with E-state index in [0.29, 0.717) is 10.8 Å². The lowest BCUT2D eigenvalue weighted by Crippen LogP contribution is -2.43. The van der Waals surface area contributed by atoms with Gasteiger partial charge in [0.25, 0.3) is 0 Å². The predicted molar refractivity (Wildman–Crippen MR) is 82.0 cm³/mol. The van der Waals surface area contributed by atoms with Crippen molar-refractivity contribution in [1.29, 1.82) is 0 Å².